The number of anilines is 1. The minimum absolute atomic E-state index is 0.0192. The molecule has 0 radical (unpaired) electrons. The topological polar surface area (TPSA) is 120 Å². The van der Waals surface area contributed by atoms with Crippen LogP contribution < -0.4 is 10.9 Å². The third kappa shape index (κ3) is 1.93. The molecule has 0 spiro atoms. The summed E-state index contributed by atoms with van der Waals surface area (Å²) in [6.07, 6.45) is -1.28. The fraction of sp³-hybridized carbons (Fsp3) is 0.333. The Labute approximate surface area is 118 Å². The number of amides is 2. The molecule has 0 aromatic carbocycles. The number of carboxylic acid groups (broad SMARTS) is 1. The summed E-state index contributed by atoms with van der Waals surface area (Å²) in [5.41, 5.74) is 0.421. The SMILES string of the molecule is CC(C)N1Cc2c([nH]c3cc(NC(=O)O)nn3c2=O)C1=O. The van der Waals surface area contributed by atoms with Crippen molar-refractivity contribution in [2.75, 3.05) is 5.32 Å². The summed E-state index contributed by atoms with van der Waals surface area (Å²) in [7, 11) is 0. The molecule has 0 fully saturated rings. The van der Waals surface area contributed by atoms with Gasteiger partial charge in [0.05, 0.1) is 12.1 Å². The summed E-state index contributed by atoms with van der Waals surface area (Å²) in [4.78, 5) is 39.6. The smallest absolute Gasteiger partial charge is 0.410 e. The molecule has 3 rings (SSSR count). The van der Waals surface area contributed by atoms with Crippen LogP contribution >= 0.6 is 0 Å². The molecule has 2 aromatic rings. The van der Waals surface area contributed by atoms with E-state index in [1.165, 1.54) is 6.07 Å². The van der Waals surface area contributed by atoms with Gasteiger partial charge >= 0.3 is 6.09 Å². The zero-order valence-electron chi connectivity index (χ0n) is 11.4. The fourth-order valence-corrected chi connectivity index (χ4v) is 2.37. The highest BCUT2D eigenvalue weighted by molar-refractivity contribution is 5.97. The lowest BCUT2D eigenvalue weighted by Gasteiger charge is -2.19. The van der Waals surface area contributed by atoms with E-state index in [9.17, 15) is 14.4 Å². The molecule has 0 saturated carbocycles. The molecule has 3 heterocycles. The van der Waals surface area contributed by atoms with E-state index in [0.717, 1.165) is 4.52 Å². The monoisotopic (exact) mass is 291 g/mol. The number of carbonyl (C=O) groups excluding carboxylic acids is 1. The Morgan fingerprint density at radius 2 is 2.19 bits per heavy atom. The van der Waals surface area contributed by atoms with Gasteiger partial charge in [-0.05, 0) is 13.8 Å². The maximum Gasteiger partial charge on any atom is 0.410 e. The minimum atomic E-state index is -1.28. The maximum absolute atomic E-state index is 12.4. The molecule has 0 saturated heterocycles. The molecular weight excluding hydrogens is 278 g/mol. The molecule has 0 aliphatic carbocycles. The van der Waals surface area contributed by atoms with Crippen molar-refractivity contribution in [1.82, 2.24) is 19.5 Å². The average molecular weight is 291 g/mol. The Balaban J connectivity index is 2.14. The summed E-state index contributed by atoms with van der Waals surface area (Å²) < 4.78 is 1.06. The van der Waals surface area contributed by atoms with Crippen molar-refractivity contribution in [3.63, 3.8) is 0 Å². The Kier molecular flexibility index (Phi) is 2.71. The second-order valence-electron chi connectivity index (χ2n) is 5.07. The van der Waals surface area contributed by atoms with Crippen LogP contribution in [0.15, 0.2) is 10.9 Å². The zero-order chi connectivity index (χ0) is 15.3. The second kappa shape index (κ2) is 4.33. The highest BCUT2D eigenvalue weighted by Crippen LogP contribution is 2.21. The first kappa shape index (κ1) is 13.2. The van der Waals surface area contributed by atoms with Crippen LogP contribution in [-0.4, -0.2) is 42.6 Å². The van der Waals surface area contributed by atoms with Crippen molar-refractivity contribution in [3.8, 4) is 0 Å². The first-order valence-corrected chi connectivity index (χ1v) is 6.34. The summed E-state index contributed by atoms with van der Waals surface area (Å²) in [5, 5.41) is 14.6. The number of fused-ring (bicyclic) bond motifs is 2. The number of aromatic amines is 1. The van der Waals surface area contributed by atoms with E-state index in [1.807, 2.05) is 13.8 Å². The number of nitrogens with zero attached hydrogens (tertiary/aromatic N) is 3. The maximum atomic E-state index is 12.4. The van der Waals surface area contributed by atoms with Crippen molar-refractivity contribution in [2.45, 2.75) is 26.4 Å². The predicted molar refractivity (Wildman–Crippen MR) is 72.5 cm³/mol. The number of aromatic nitrogens is 3. The molecule has 21 heavy (non-hydrogen) atoms. The van der Waals surface area contributed by atoms with Crippen LogP contribution in [0.5, 0.6) is 0 Å². The van der Waals surface area contributed by atoms with E-state index < -0.39 is 11.7 Å². The number of nitrogens with one attached hydrogen (secondary N) is 2. The van der Waals surface area contributed by atoms with Gasteiger partial charge in [0.2, 0.25) is 0 Å². The van der Waals surface area contributed by atoms with Crippen LogP contribution in [0.3, 0.4) is 0 Å². The molecular formula is C12H13N5O4. The third-order valence-corrected chi connectivity index (χ3v) is 3.38. The Bertz CT molecular complexity index is 819. The number of hydrogen-bond acceptors (Lipinski definition) is 4. The minimum Gasteiger partial charge on any atom is -0.465 e. The molecule has 110 valence electrons. The van der Waals surface area contributed by atoms with Gasteiger partial charge in [-0.2, -0.15) is 4.52 Å². The Morgan fingerprint density at radius 3 is 2.81 bits per heavy atom. The standard InChI is InChI=1S/C12H13N5O4/c1-5(2)16-4-6-9(11(16)19)14-8-3-7(13-12(20)21)15-17(8)10(6)18/h3,5,14H,4H2,1-2H3,(H,13,15)(H,20,21). The van der Waals surface area contributed by atoms with Gasteiger partial charge in [-0.25, -0.2) is 4.79 Å². The fourth-order valence-electron chi connectivity index (χ4n) is 2.37. The Hall–Kier alpha value is -2.84. The molecule has 0 unspecified atom stereocenters. The lowest BCUT2D eigenvalue weighted by Crippen LogP contribution is -2.31. The van der Waals surface area contributed by atoms with Gasteiger partial charge in [0.15, 0.2) is 5.82 Å². The van der Waals surface area contributed by atoms with Crippen molar-refractivity contribution in [2.24, 2.45) is 0 Å². The molecule has 0 bridgehead atoms. The van der Waals surface area contributed by atoms with Crippen LogP contribution in [0.2, 0.25) is 0 Å². The van der Waals surface area contributed by atoms with Gasteiger partial charge in [-0.3, -0.25) is 14.9 Å². The van der Waals surface area contributed by atoms with Gasteiger partial charge in [0.25, 0.3) is 11.5 Å². The lowest BCUT2D eigenvalue weighted by molar-refractivity contribution is 0.0726. The first-order valence-electron chi connectivity index (χ1n) is 6.34. The highest BCUT2D eigenvalue weighted by atomic mass is 16.4. The number of hydrogen-bond donors (Lipinski definition) is 3. The normalized spacial score (nSPS) is 14.0. The Morgan fingerprint density at radius 1 is 1.48 bits per heavy atom. The molecule has 2 amide bonds. The lowest BCUT2D eigenvalue weighted by atomic mass is 10.2. The first-order chi connectivity index (χ1) is 9.88. The van der Waals surface area contributed by atoms with Crippen LogP contribution in [0, 0.1) is 0 Å². The van der Waals surface area contributed by atoms with E-state index in [1.54, 1.807) is 4.90 Å². The molecule has 1 aliphatic rings. The van der Waals surface area contributed by atoms with Crippen molar-refractivity contribution < 1.29 is 14.7 Å². The van der Waals surface area contributed by atoms with E-state index >= 15 is 0 Å². The van der Waals surface area contributed by atoms with Crippen LogP contribution in [-0.2, 0) is 6.54 Å². The molecule has 9 heteroatoms. The van der Waals surface area contributed by atoms with E-state index in [2.05, 4.69) is 15.4 Å². The van der Waals surface area contributed by atoms with Gasteiger partial charge in [-0.1, -0.05) is 0 Å². The quantitative estimate of drug-likeness (QED) is 0.743. The molecule has 1 aliphatic heterocycles. The van der Waals surface area contributed by atoms with Crippen LogP contribution in [0.4, 0.5) is 10.6 Å². The number of carbonyl (C=O) groups is 2. The molecule has 2 aromatic heterocycles. The number of H-pyrrole nitrogens is 1. The van der Waals surface area contributed by atoms with Crippen LogP contribution in [0.1, 0.15) is 29.9 Å². The van der Waals surface area contributed by atoms with Gasteiger partial charge in [0, 0.05) is 12.1 Å². The largest absolute Gasteiger partial charge is 0.465 e. The van der Waals surface area contributed by atoms with Crippen molar-refractivity contribution >= 4 is 23.5 Å². The van der Waals surface area contributed by atoms with Crippen LogP contribution in [0.25, 0.3) is 5.65 Å². The summed E-state index contributed by atoms with van der Waals surface area (Å²) in [6.45, 7) is 3.96. The molecule has 9 nitrogen and oxygen atoms in total. The van der Waals surface area contributed by atoms with Crippen molar-refractivity contribution in [3.05, 3.63) is 27.7 Å². The predicted octanol–water partition coefficient (Wildman–Crippen LogP) is 0.477. The van der Waals surface area contributed by atoms with E-state index in [4.69, 9.17) is 5.11 Å². The van der Waals surface area contributed by atoms with Gasteiger partial charge in [-0.15, -0.1) is 5.10 Å². The third-order valence-electron chi connectivity index (χ3n) is 3.38. The average Bonchev–Trinajstić information content (AvgIpc) is 2.92. The second-order valence-corrected chi connectivity index (χ2v) is 5.07. The summed E-state index contributed by atoms with van der Waals surface area (Å²) in [6, 6.07) is 1.34. The summed E-state index contributed by atoms with van der Waals surface area (Å²) >= 11 is 0. The highest BCUT2D eigenvalue weighted by Gasteiger charge is 2.33. The summed E-state index contributed by atoms with van der Waals surface area (Å²) in [5.74, 6) is -0.221. The number of rotatable bonds is 2. The molecule has 0 atom stereocenters. The van der Waals surface area contributed by atoms with Gasteiger partial charge < -0.3 is 15.0 Å². The van der Waals surface area contributed by atoms with Gasteiger partial charge in [0.1, 0.15) is 11.3 Å². The van der Waals surface area contributed by atoms with E-state index in [0.29, 0.717) is 5.56 Å². The zero-order valence-corrected chi connectivity index (χ0v) is 11.4. The van der Waals surface area contributed by atoms with E-state index in [-0.39, 0.29) is 35.7 Å². The van der Waals surface area contributed by atoms with Crippen molar-refractivity contribution in [1.29, 1.82) is 0 Å². The molecule has 3 N–H and O–H groups in total.